The average Bonchev–Trinajstić information content (AvgIpc) is 2.50. The highest BCUT2D eigenvalue weighted by molar-refractivity contribution is 5.89. The van der Waals surface area contributed by atoms with E-state index in [2.05, 4.69) is 0 Å². The number of carboxylic acid groups (broad SMARTS) is 1. The summed E-state index contributed by atoms with van der Waals surface area (Å²) in [6, 6.07) is 7.01. The zero-order chi connectivity index (χ0) is 19.6. The predicted molar refractivity (Wildman–Crippen MR) is 98.4 cm³/mol. The van der Waals surface area contributed by atoms with Crippen LogP contribution in [0.3, 0.4) is 0 Å². The third-order valence-electron chi connectivity index (χ3n) is 3.95. The van der Waals surface area contributed by atoms with Gasteiger partial charge in [-0.3, -0.25) is 9.59 Å². The van der Waals surface area contributed by atoms with Crippen LogP contribution in [0.25, 0.3) is 11.1 Å². The Balaban J connectivity index is 2.57. The first-order chi connectivity index (χ1) is 12.0. The molecule has 0 radical (unpaired) electrons. The van der Waals surface area contributed by atoms with Crippen molar-refractivity contribution >= 4 is 11.9 Å². The molecule has 0 bridgehead atoms. The lowest BCUT2D eigenvalue weighted by molar-refractivity contribution is -0.155. The quantitative estimate of drug-likeness (QED) is 0.850. The van der Waals surface area contributed by atoms with E-state index in [0.29, 0.717) is 5.56 Å². The first kappa shape index (κ1) is 19.4. The zero-order valence-electron chi connectivity index (χ0n) is 15.6. The molecule has 0 spiro atoms. The van der Waals surface area contributed by atoms with Crippen LogP contribution in [0.1, 0.15) is 42.3 Å². The first-order valence-electron chi connectivity index (χ1n) is 8.26. The van der Waals surface area contributed by atoms with E-state index in [0.717, 1.165) is 21.3 Å². The van der Waals surface area contributed by atoms with Crippen molar-refractivity contribution in [2.24, 2.45) is 0 Å². The molecule has 26 heavy (non-hydrogen) atoms. The van der Waals surface area contributed by atoms with Crippen LogP contribution in [0.15, 0.2) is 35.3 Å². The van der Waals surface area contributed by atoms with Gasteiger partial charge in [-0.15, -0.1) is 0 Å². The van der Waals surface area contributed by atoms with Crippen molar-refractivity contribution < 1.29 is 19.4 Å². The van der Waals surface area contributed by atoms with Crippen LogP contribution in [0, 0.1) is 13.8 Å². The Hall–Kier alpha value is -2.89. The average molecular weight is 357 g/mol. The van der Waals surface area contributed by atoms with E-state index in [1.54, 1.807) is 20.8 Å². The summed E-state index contributed by atoms with van der Waals surface area (Å²) in [5.41, 5.74) is 1.58. The highest BCUT2D eigenvalue weighted by Gasteiger charge is 2.20. The van der Waals surface area contributed by atoms with Crippen molar-refractivity contribution in [3.8, 4) is 11.1 Å². The summed E-state index contributed by atoms with van der Waals surface area (Å²) >= 11 is 0. The smallest absolute Gasteiger partial charge is 0.341 e. The Bertz CT molecular complexity index is 919. The molecule has 2 rings (SSSR count). The molecule has 1 aromatic carbocycles. The number of carbonyl (C=O) groups excluding carboxylic acids is 1. The number of carboxylic acids is 1. The van der Waals surface area contributed by atoms with Crippen LogP contribution in [-0.2, 0) is 16.1 Å². The molecule has 138 valence electrons. The van der Waals surface area contributed by atoms with Crippen LogP contribution in [-0.4, -0.2) is 27.2 Å². The zero-order valence-corrected chi connectivity index (χ0v) is 15.6. The second kappa shape index (κ2) is 7.15. The lowest BCUT2D eigenvalue weighted by Crippen LogP contribution is -2.32. The molecule has 0 fully saturated rings. The number of aromatic nitrogens is 1. The maximum atomic E-state index is 12.4. The van der Waals surface area contributed by atoms with Gasteiger partial charge in [0.05, 0.1) is 0 Å². The fraction of sp³-hybridized carbons (Fsp3) is 0.350. The highest BCUT2D eigenvalue weighted by atomic mass is 16.6. The molecule has 0 saturated carbocycles. The molecule has 6 heteroatoms. The Morgan fingerprint density at radius 1 is 1.19 bits per heavy atom. The van der Waals surface area contributed by atoms with E-state index in [1.165, 1.54) is 12.3 Å². The normalized spacial score (nSPS) is 11.3. The molecule has 0 aliphatic rings. The number of ether oxygens (including phenoxy) is 1. The molecule has 1 N–H and O–H groups in total. The molecule has 0 unspecified atom stereocenters. The third-order valence-corrected chi connectivity index (χ3v) is 3.95. The summed E-state index contributed by atoms with van der Waals surface area (Å²) in [5, 5.41) is 9.38. The SMILES string of the molecule is Cc1cccc(-c2cc(C(=O)O)c(=O)n(CC(=O)OC(C)(C)C)c2)c1C. The Morgan fingerprint density at radius 2 is 1.85 bits per heavy atom. The van der Waals surface area contributed by atoms with Gasteiger partial charge in [0.1, 0.15) is 17.7 Å². The number of benzene rings is 1. The van der Waals surface area contributed by atoms with E-state index in [9.17, 15) is 19.5 Å². The molecule has 1 heterocycles. The lowest BCUT2D eigenvalue weighted by atomic mass is 9.97. The molecule has 0 saturated heterocycles. The topological polar surface area (TPSA) is 85.6 Å². The van der Waals surface area contributed by atoms with Gasteiger partial charge in [0.15, 0.2) is 0 Å². The number of pyridine rings is 1. The van der Waals surface area contributed by atoms with Gasteiger partial charge in [-0.05, 0) is 62.9 Å². The number of esters is 1. The summed E-state index contributed by atoms with van der Waals surface area (Å²) in [5.74, 6) is -1.94. The van der Waals surface area contributed by atoms with Gasteiger partial charge < -0.3 is 14.4 Å². The maximum absolute atomic E-state index is 12.4. The second-order valence-corrected chi connectivity index (χ2v) is 7.21. The van der Waals surface area contributed by atoms with Crippen LogP contribution in [0.5, 0.6) is 0 Å². The van der Waals surface area contributed by atoms with Crippen molar-refractivity contribution in [2.75, 3.05) is 0 Å². The van der Waals surface area contributed by atoms with E-state index >= 15 is 0 Å². The summed E-state index contributed by atoms with van der Waals surface area (Å²) < 4.78 is 6.33. The molecule has 2 aromatic rings. The van der Waals surface area contributed by atoms with Gasteiger partial charge in [-0.1, -0.05) is 18.2 Å². The second-order valence-electron chi connectivity index (χ2n) is 7.21. The number of rotatable bonds is 4. The van der Waals surface area contributed by atoms with Crippen LogP contribution < -0.4 is 5.56 Å². The predicted octanol–water partition coefficient (Wildman–Crippen LogP) is 3.17. The first-order valence-corrected chi connectivity index (χ1v) is 8.26. The number of aromatic carboxylic acids is 1. The van der Waals surface area contributed by atoms with Crippen molar-refractivity contribution in [3.63, 3.8) is 0 Å². The monoisotopic (exact) mass is 357 g/mol. The van der Waals surface area contributed by atoms with Crippen molar-refractivity contribution in [1.82, 2.24) is 4.57 Å². The molecular weight excluding hydrogens is 334 g/mol. The summed E-state index contributed by atoms with van der Waals surface area (Å²) in [4.78, 5) is 36.0. The number of nitrogens with zero attached hydrogens (tertiary/aromatic N) is 1. The summed E-state index contributed by atoms with van der Waals surface area (Å²) in [6.45, 7) is 8.70. The molecule has 0 amide bonds. The number of carbonyl (C=O) groups is 2. The minimum atomic E-state index is -1.33. The number of aryl methyl sites for hydroxylation is 1. The van der Waals surface area contributed by atoms with Crippen LogP contribution >= 0.6 is 0 Å². The van der Waals surface area contributed by atoms with Gasteiger partial charge >= 0.3 is 11.9 Å². The lowest BCUT2D eigenvalue weighted by Gasteiger charge is -2.20. The summed E-state index contributed by atoms with van der Waals surface area (Å²) in [7, 11) is 0. The van der Waals surface area contributed by atoms with Gasteiger partial charge in [0.2, 0.25) is 0 Å². The fourth-order valence-corrected chi connectivity index (χ4v) is 2.63. The standard InChI is InChI=1S/C20H23NO5/c1-12-7-6-8-15(13(12)2)14-9-16(19(24)25)18(23)21(10-14)11-17(22)26-20(3,4)5/h6-10H,11H2,1-5H3,(H,24,25). The maximum Gasteiger partial charge on any atom is 0.341 e. The molecule has 0 aliphatic heterocycles. The third kappa shape index (κ3) is 4.39. The highest BCUT2D eigenvalue weighted by Crippen LogP contribution is 2.25. The van der Waals surface area contributed by atoms with Crippen LogP contribution in [0.4, 0.5) is 0 Å². The molecule has 6 nitrogen and oxygen atoms in total. The van der Waals surface area contributed by atoms with Crippen molar-refractivity contribution in [2.45, 2.75) is 46.8 Å². The van der Waals surface area contributed by atoms with Gasteiger partial charge in [0, 0.05) is 6.20 Å². The van der Waals surface area contributed by atoms with Crippen LogP contribution in [0.2, 0.25) is 0 Å². The van der Waals surface area contributed by atoms with E-state index in [4.69, 9.17) is 4.74 Å². The Morgan fingerprint density at radius 3 is 2.42 bits per heavy atom. The van der Waals surface area contributed by atoms with Crippen molar-refractivity contribution in [3.05, 3.63) is 57.5 Å². The minimum Gasteiger partial charge on any atom is -0.477 e. The largest absolute Gasteiger partial charge is 0.477 e. The molecular formula is C20H23NO5. The van der Waals surface area contributed by atoms with E-state index < -0.39 is 23.1 Å². The van der Waals surface area contributed by atoms with Crippen molar-refractivity contribution in [1.29, 1.82) is 0 Å². The number of hydrogen-bond donors (Lipinski definition) is 1. The van der Waals surface area contributed by atoms with E-state index in [-0.39, 0.29) is 12.1 Å². The fourth-order valence-electron chi connectivity index (χ4n) is 2.63. The van der Waals surface area contributed by atoms with E-state index in [1.807, 2.05) is 32.0 Å². The number of hydrogen-bond acceptors (Lipinski definition) is 4. The summed E-state index contributed by atoms with van der Waals surface area (Å²) in [6.07, 6.45) is 1.50. The van der Waals surface area contributed by atoms with Gasteiger partial charge in [-0.25, -0.2) is 4.79 Å². The van der Waals surface area contributed by atoms with Gasteiger partial charge in [0.25, 0.3) is 5.56 Å². The molecule has 1 aromatic heterocycles. The molecule has 0 aliphatic carbocycles. The Labute approximate surface area is 152 Å². The minimum absolute atomic E-state index is 0.352. The van der Waals surface area contributed by atoms with Gasteiger partial charge in [-0.2, -0.15) is 0 Å². The molecule has 0 atom stereocenters. The Kier molecular flexibility index (Phi) is 5.35.